The summed E-state index contributed by atoms with van der Waals surface area (Å²) in [4.78, 5) is 39.7. The molecule has 2 heterocycles. The zero-order valence-electron chi connectivity index (χ0n) is 17.9. The van der Waals surface area contributed by atoms with Crippen LogP contribution in [0.1, 0.15) is 10.4 Å². The lowest BCUT2D eigenvalue weighted by molar-refractivity contribution is -0.116. The van der Waals surface area contributed by atoms with E-state index in [4.69, 9.17) is 4.74 Å². The first-order valence-corrected chi connectivity index (χ1v) is 11.8. The number of amides is 2. The predicted molar refractivity (Wildman–Crippen MR) is 126 cm³/mol. The van der Waals surface area contributed by atoms with E-state index in [2.05, 4.69) is 5.32 Å². The lowest BCUT2D eigenvalue weighted by Crippen LogP contribution is -2.34. The normalized spacial score (nSPS) is 18.5. The predicted octanol–water partition coefficient (Wildman–Crippen LogP) is 3.26. The number of allylic oxidation sites excluding steroid dienone is 1. The summed E-state index contributed by atoms with van der Waals surface area (Å²) >= 11 is 1.85. The largest absolute Gasteiger partial charge is 0.442 e. The van der Waals surface area contributed by atoms with Gasteiger partial charge in [0, 0.05) is 36.2 Å². The van der Waals surface area contributed by atoms with Crippen LogP contribution in [-0.4, -0.2) is 61.6 Å². The zero-order chi connectivity index (χ0) is 23.2. The fourth-order valence-corrected chi connectivity index (χ4v) is 4.59. The van der Waals surface area contributed by atoms with Crippen LogP contribution >= 0.6 is 11.8 Å². The van der Waals surface area contributed by atoms with Gasteiger partial charge in [0.15, 0.2) is 5.78 Å². The Hall–Kier alpha value is -3.33. The summed E-state index contributed by atoms with van der Waals surface area (Å²) in [5.41, 5.74) is 1.43. The molecule has 2 aromatic carbocycles. The molecule has 2 saturated heterocycles. The lowest BCUT2D eigenvalue weighted by atomic mass is 10.1. The topological polar surface area (TPSA) is 79.0 Å². The van der Waals surface area contributed by atoms with E-state index in [9.17, 15) is 18.8 Å². The van der Waals surface area contributed by atoms with Gasteiger partial charge in [-0.15, -0.1) is 0 Å². The summed E-state index contributed by atoms with van der Waals surface area (Å²) in [6.45, 7) is 1.85. The highest BCUT2D eigenvalue weighted by Crippen LogP contribution is 2.29. The number of ether oxygens (including phenoxy) is 1. The van der Waals surface area contributed by atoms with E-state index in [0.717, 1.165) is 30.7 Å². The van der Waals surface area contributed by atoms with Crippen LogP contribution < -0.4 is 15.1 Å². The average Bonchev–Trinajstić information content (AvgIpc) is 3.22. The van der Waals surface area contributed by atoms with Gasteiger partial charge in [0.05, 0.1) is 24.5 Å². The summed E-state index contributed by atoms with van der Waals surface area (Å²) in [7, 11) is 0. The third kappa shape index (κ3) is 5.73. The maximum Gasteiger partial charge on any atom is 0.414 e. The molecule has 2 aliphatic rings. The number of cyclic esters (lactones) is 1. The van der Waals surface area contributed by atoms with Crippen molar-refractivity contribution in [2.24, 2.45) is 0 Å². The molecule has 7 nitrogen and oxygen atoms in total. The molecule has 0 spiro atoms. The molecular formula is C24H24FN3O4S. The summed E-state index contributed by atoms with van der Waals surface area (Å²) in [5.74, 6) is 0.796. The van der Waals surface area contributed by atoms with Crippen molar-refractivity contribution in [3.63, 3.8) is 0 Å². The molecule has 0 aliphatic carbocycles. The van der Waals surface area contributed by atoms with Crippen LogP contribution in [0.4, 0.5) is 20.6 Å². The van der Waals surface area contributed by atoms with E-state index < -0.39 is 18.1 Å². The van der Waals surface area contributed by atoms with E-state index in [1.165, 1.54) is 17.0 Å². The molecule has 2 aliphatic heterocycles. The van der Waals surface area contributed by atoms with Gasteiger partial charge in [0.2, 0.25) is 5.91 Å². The Morgan fingerprint density at radius 1 is 1.12 bits per heavy atom. The van der Waals surface area contributed by atoms with E-state index in [0.29, 0.717) is 16.9 Å². The van der Waals surface area contributed by atoms with Crippen LogP contribution in [0.3, 0.4) is 0 Å². The quantitative estimate of drug-likeness (QED) is 0.495. The molecule has 1 atom stereocenters. The number of carbonyl (C=O) groups is 3. The summed E-state index contributed by atoms with van der Waals surface area (Å²) in [6, 6.07) is 13.4. The minimum atomic E-state index is -0.592. The number of thioether (sulfide) groups is 1. The van der Waals surface area contributed by atoms with Crippen LogP contribution in [0.2, 0.25) is 0 Å². The Morgan fingerprint density at radius 2 is 1.88 bits per heavy atom. The van der Waals surface area contributed by atoms with E-state index in [1.807, 2.05) is 16.7 Å². The maximum absolute atomic E-state index is 14.7. The highest BCUT2D eigenvalue weighted by molar-refractivity contribution is 7.99. The number of hydrogen-bond acceptors (Lipinski definition) is 6. The molecule has 4 rings (SSSR count). The SMILES string of the molecule is O=C(/C=C\C(=O)c1ccccc1)NC[C@H]1CN(c2ccc(N3CCSCC3)c(F)c2)C(=O)O1. The Kier molecular flexibility index (Phi) is 7.29. The number of benzene rings is 2. The first-order chi connectivity index (χ1) is 16.0. The summed E-state index contributed by atoms with van der Waals surface area (Å²) in [5, 5.41) is 2.62. The zero-order valence-corrected chi connectivity index (χ0v) is 18.7. The van der Waals surface area contributed by atoms with Gasteiger partial charge in [-0.2, -0.15) is 11.8 Å². The van der Waals surface area contributed by atoms with Gasteiger partial charge in [-0.25, -0.2) is 9.18 Å². The second-order valence-corrected chi connectivity index (χ2v) is 8.89. The fraction of sp³-hybridized carbons (Fsp3) is 0.292. The van der Waals surface area contributed by atoms with Gasteiger partial charge in [0.1, 0.15) is 11.9 Å². The van der Waals surface area contributed by atoms with Crippen LogP contribution in [0, 0.1) is 5.82 Å². The maximum atomic E-state index is 14.7. The van der Waals surface area contributed by atoms with Gasteiger partial charge < -0.3 is 15.0 Å². The monoisotopic (exact) mass is 469 g/mol. The second kappa shape index (κ2) is 10.5. The molecule has 1 N–H and O–H groups in total. The number of ketones is 1. The highest BCUT2D eigenvalue weighted by atomic mass is 32.2. The third-order valence-electron chi connectivity index (χ3n) is 5.42. The van der Waals surface area contributed by atoms with Gasteiger partial charge in [-0.05, 0) is 24.3 Å². The number of carbonyl (C=O) groups excluding carboxylic acids is 3. The number of nitrogens with one attached hydrogen (secondary N) is 1. The van der Waals surface area contributed by atoms with Crippen LogP contribution in [-0.2, 0) is 9.53 Å². The molecular weight excluding hydrogens is 445 g/mol. The molecule has 0 bridgehead atoms. The van der Waals surface area contributed by atoms with Crippen LogP contribution in [0.5, 0.6) is 0 Å². The molecule has 2 fully saturated rings. The molecule has 2 amide bonds. The van der Waals surface area contributed by atoms with Crippen molar-refractivity contribution in [2.75, 3.05) is 47.5 Å². The first kappa shape index (κ1) is 22.8. The van der Waals surface area contributed by atoms with Crippen molar-refractivity contribution in [3.05, 3.63) is 72.1 Å². The molecule has 0 unspecified atom stereocenters. The molecule has 172 valence electrons. The molecule has 0 saturated carbocycles. The van der Waals surface area contributed by atoms with Crippen molar-refractivity contribution >= 4 is 40.9 Å². The average molecular weight is 470 g/mol. The van der Waals surface area contributed by atoms with Crippen molar-refractivity contribution < 1.29 is 23.5 Å². The van der Waals surface area contributed by atoms with Crippen LogP contribution in [0.15, 0.2) is 60.7 Å². The second-order valence-electron chi connectivity index (χ2n) is 7.66. The van der Waals surface area contributed by atoms with E-state index >= 15 is 0 Å². The fourth-order valence-electron chi connectivity index (χ4n) is 3.69. The van der Waals surface area contributed by atoms with Crippen molar-refractivity contribution in [1.82, 2.24) is 5.32 Å². The standard InChI is InChI=1S/C24H24FN3O4S/c25-20-14-18(6-7-21(20)27-10-12-33-13-11-27)28-16-19(32-24(28)31)15-26-23(30)9-8-22(29)17-4-2-1-3-5-17/h1-9,14,19H,10-13,15-16H2,(H,26,30)/b9-8-/t19-/m0/s1. The van der Waals surface area contributed by atoms with Crippen LogP contribution in [0.25, 0.3) is 0 Å². The summed E-state index contributed by atoms with van der Waals surface area (Å²) < 4.78 is 20.0. The number of anilines is 2. The Balaban J connectivity index is 1.30. The minimum absolute atomic E-state index is 0.0803. The number of nitrogens with zero attached hydrogens (tertiary/aromatic N) is 2. The van der Waals surface area contributed by atoms with Gasteiger partial charge >= 0.3 is 6.09 Å². The highest BCUT2D eigenvalue weighted by Gasteiger charge is 2.33. The lowest BCUT2D eigenvalue weighted by Gasteiger charge is -2.29. The first-order valence-electron chi connectivity index (χ1n) is 10.7. The van der Waals surface area contributed by atoms with E-state index in [-0.39, 0.29) is 24.7 Å². The molecule has 2 aromatic rings. The third-order valence-corrected chi connectivity index (χ3v) is 6.36. The Labute approximate surface area is 195 Å². The van der Waals surface area contributed by atoms with Gasteiger partial charge in [-0.1, -0.05) is 30.3 Å². The van der Waals surface area contributed by atoms with Crippen molar-refractivity contribution in [3.8, 4) is 0 Å². The Bertz CT molecular complexity index is 1060. The molecule has 33 heavy (non-hydrogen) atoms. The van der Waals surface area contributed by atoms with Gasteiger partial charge in [0.25, 0.3) is 0 Å². The molecule has 0 aromatic heterocycles. The molecule has 0 radical (unpaired) electrons. The molecule has 9 heteroatoms. The minimum Gasteiger partial charge on any atom is -0.442 e. The van der Waals surface area contributed by atoms with E-state index in [1.54, 1.807) is 42.5 Å². The smallest absolute Gasteiger partial charge is 0.414 e. The van der Waals surface area contributed by atoms with Crippen molar-refractivity contribution in [2.45, 2.75) is 6.10 Å². The van der Waals surface area contributed by atoms with Crippen molar-refractivity contribution in [1.29, 1.82) is 0 Å². The Morgan fingerprint density at radius 3 is 2.61 bits per heavy atom. The number of hydrogen-bond donors (Lipinski definition) is 1. The number of halogens is 1. The summed E-state index contributed by atoms with van der Waals surface area (Å²) in [6.07, 6.45) is 1.17. The van der Waals surface area contributed by atoms with Gasteiger partial charge in [-0.3, -0.25) is 14.5 Å². The number of rotatable bonds is 7.